The number of ether oxygens (including phenoxy) is 1. The first kappa shape index (κ1) is 14.5. The second kappa shape index (κ2) is 10.0. The van der Waals surface area contributed by atoms with Crippen LogP contribution in [0.5, 0.6) is 0 Å². The van der Waals surface area contributed by atoms with Crippen LogP contribution >= 0.6 is 0 Å². The molecule has 2 nitrogen and oxygen atoms in total. The van der Waals surface area contributed by atoms with Gasteiger partial charge in [0.2, 0.25) is 0 Å². The second-order valence-corrected chi connectivity index (χ2v) is 4.26. The van der Waals surface area contributed by atoms with Crippen LogP contribution in [-0.4, -0.2) is 25.8 Å². The third-order valence-electron chi connectivity index (χ3n) is 2.38. The normalized spacial score (nSPS) is 12.7. The Labute approximate surface area is 94.8 Å². The summed E-state index contributed by atoms with van der Waals surface area (Å²) in [6.07, 6.45) is 8.30. The minimum atomic E-state index is 0.448. The van der Waals surface area contributed by atoms with Gasteiger partial charge in [0.1, 0.15) is 0 Å². The van der Waals surface area contributed by atoms with Crippen LogP contribution in [0.25, 0.3) is 0 Å². The summed E-state index contributed by atoms with van der Waals surface area (Å²) in [7, 11) is 0. The van der Waals surface area contributed by atoms with Crippen LogP contribution in [0.1, 0.15) is 40.0 Å². The van der Waals surface area contributed by atoms with Gasteiger partial charge in [-0.2, -0.15) is 0 Å². The van der Waals surface area contributed by atoms with Crippen LogP contribution in [0.4, 0.5) is 0 Å². The third-order valence-corrected chi connectivity index (χ3v) is 2.38. The molecule has 0 aromatic rings. The van der Waals surface area contributed by atoms with Gasteiger partial charge in [0.05, 0.1) is 6.61 Å². The summed E-state index contributed by atoms with van der Waals surface area (Å²) in [4.78, 5) is 0. The lowest BCUT2D eigenvalue weighted by Gasteiger charge is -2.14. The predicted molar refractivity (Wildman–Crippen MR) is 65.8 cm³/mol. The molecule has 2 heteroatoms. The average molecular weight is 211 g/mol. The minimum Gasteiger partial charge on any atom is -0.380 e. The lowest BCUT2D eigenvalue weighted by atomic mass is 10.1. The van der Waals surface area contributed by atoms with Crippen molar-refractivity contribution in [2.24, 2.45) is 5.92 Å². The number of nitrogens with one attached hydrogen (secondary N) is 1. The largest absolute Gasteiger partial charge is 0.380 e. The van der Waals surface area contributed by atoms with Gasteiger partial charge < -0.3 is 10.1 Å². The fourth-order valence-corrected chi connectivity index (χ4v) is 1.26. The molecule has 15 heavy (non-hydrogen) atoms. The predicted octanol–water partition coefficient (Wildman–Crippen LogP) is 2.44. The van der Waals surface area contributed by atoms with Gasteiger partial charge in [0.15, 0.2) is 0 Å². The minimum absolute atomic E-state index is 0.448. The molecule has 1 N–H and O–H groups in total. The maximum absolute atomic E-state index is 5.50. The van der Waals surface area contributed by atoms with Crippen molar-refractivity contribution in [3.63, 3.8) is 0 Å². The van der Waals surface area contributed by atoms with Crippen LogP contribution in [-0.2, 0) is 4.74 Å². The maximum Gasteiger partial charge on any atom is 0.0591 e. The van der Waals surface area contributed by atoms with Crippen molar-refractivity contribution in [1.29, 1.82) is 0 Å². The van der Waals surface area contributed by atoms with E-state index in [0.717, 1.165) is 44.9 Å². The molecule has 88 valence electrons. The summed E-state index contributed by atoms with van der Waals surface area (Å²) in [5, 5.41) is 3.39. The highest BCUT2D eigenvalue weighted by atomic mass is 16.5. The summed E-state index contributed by atoms with van der Waals surface area (Å²) >= 11 is 0. The molecule has 0 rings (SSSR count). The Morgan fingerprint density at radius 1 is 1.33 bits per heavy atom. The number of terminal acetylenes is 1. The Kier molecular flexibility index (Phi) is 9.67. The molecule has 0 saturated carbocycles. The van der Waals surface area contributed by atoms with Gasteiger partial charge in [0, 0.05) is 25.6 Å². The first-order valence-electron chi connectivity index (χ1n) is 5.95. The summed E-state index contributed by atoms with van der Waals surface area (Å²) in [6.45, 7) is 9.12. The fourth-order valence-electron chi connectivity index (χ4n) is 1.26. The summed E-state index contributed by atoms with van der Waals surface area (Å²) in [5.74, 6) is 3.41. The zero-order valence-electron chi connectivity index (χ0n) is 10.4. The molecule has 0 bridgehead atoms. The zero-order chi connectivity index (χ0) is 11.5. The smallest absolute Gasteiger partial charge is 0.0591 e. The average Bonchev–Trinajstić information content (AvgIpc) is 2.21. The Bertz CT molecular complexity index is 172. The van der Waals surface area contributed by atoms with E-state index >= 15 is 0 Å². The van der Waals surface area contributed by atoms with Crippen molar-refractivity contribution in [2.45, 2.75) is 46.1 Å². The molecule has 0 fully saturated rings. The number of hydrogen-bond acceptors (Lipinski definition) is 2. The summed E-state index contributed by atoms with van der Waals surface area (Å²) in [6, 6.07) is 0.448. The van der Waals surface area contributed by atoms with Crippen molar-refractivity contribution in [3.05, 3.63) is 0 Å². The van der Waals surface area contributed by atoms with Crippen molar-refractivity contribution < 1.29 is 4.74 Å². The quantitative estimate of drug-likeness (QED) is 0.467. The molecule has 0 spiro atoms. The fraction of sp³-hybridized carbons (Fsp3) is 0.846. The lowest BCUT2D eigenvalue weighted by Crippen LogP contribution is -2.31. The van der Waals surface area contributed by atoms with Crippen molar-refractivity contribution in [1.82, 2.24) is 5.32 Å². The molecule has 0 aromatic carbocycles. The lowest BCUT2D eigenvalue weighted by molar-refractivity contribution is 0.123. The van der Waals surface area contributed by atoms with E-state index in [1.807, 2.05) is 0 Å². The molecular formula is C13H25NO. The molecule has 0 radical (unpaired) electrons. The van der Waals surface area contributed by atoms with Crippen molar-refractivity contribution in [2.75, 3.05) is 19.8 Å². The maximum atomic E-state index is 5.50. The van der Waals surface area contributed by atoms with Crippen molar-refractivity contribution >= 4 is 0 Å². The van der Waals surface area contributed by atoms with Crippen LogP contribution in [0.3, 0.4) is 0 Å². The van der Waals surface area contributed by atoms with Crippen LogP contribution in [0.15, 0.2) is 0 Å². The number of rotatable bonds is 9. The van der Waals surface area contributed by atoms with E-state index in [4.69, 9.17) is 11.2 Å². The molecule has 0 saturated heterocycles. The molecule has 0 aromatic heterocycles. The molecular weight excluding hydrogens is 186 g/mol. The topological polar surface area (TPSA) is 21.3 Å². The first-order chi connectivity index (χ1) is 7.20. The van der Waals surface area contributed by atoms with E-state index in [1.54, 1.807) is 0 Å². The van der Waals surface area contributed by atoms with Crippen LogP contribution in [0.2, 0.25) is 0 Å². The van der Waals surface area contributed by atoms with Gasteiger partial charge in [-0.05, 0) is 18.8 Å². The van der Waals surface area contributed by atoms with Crippen LogP contribution < -0.4 is 5.32 Å². The van der Waals surface area contributed by atoms with Gasteiger partial charge in [-0.25, -0.2) is 0 Å². The Morgan fingerprint density at radius 2 is 2.07 bits per heavy atom. The van der Waals surface area contributed by atoms with E-state index in [2.05, 4.69) is 32.0 Å². The zero-order valence-corrected chi connectivity index (χ0v) is 10.4. The highest BCUT2D eigenvalue weighted by Crippen LogP contribution is 1.99. The summed E-state index contributed by atoms with van der Waals surface area (Å²) < 4.78 is 5.50. The standard InChI is InChI=1S/C13H25NO/c1-5-7-13(6-2)14-9-11-15-10-8-12(3)4/h1,12-14H,6-11H2,2-4H3. The Morgan fingerprint density at radius 3 is 2.60 bits per heavy atom. The van der Waals surface area contributed by atoms with E-state index in [9.17, 15) is 0 Å². The first-order valence-corrected chi connectivity index (χ1v) is 5.95. The van der Waals surface area contributed by atoms with Gasteiger partial charge in [-0.15, -0.1) is 12.3 Å². The summed E-state index contributed by atoms with van der Waals surface area (Å²) in [5.41, 5.74) is 0. The SMILES string of the molecule is C#CCC(CC)NCCOCCC(C)C. The molecule has 1 unspecified atom stereocenters. The monoisotopic (exact) mass is 211 g/mol. The van der Waals surface area contributed by atoms with E-state index in [0.29, 0.717) is 6.04 Å². The van der Waals surface area contributed by atoms with Gasteiger partial charge in [0.25, 0.3) is 0 Å². The molecule has 0 aliphatic rings. The molecule has 0 aliphatic heterocycles. The Hall–Kier alpha value is -0.520. The third kappa shape index (κ3) is 9.78. The van der Waals surface area contributed by atoms with E-state index in [-0.39, 0.29) is 0 Å². The van der Waals surface area contributed by atoms with E-state index in [1.165, 1.54) is 0 Å². The van der Waals surface area contributed by atoms with Crippen molar-refractivity contribution in [3.8, 4) is 12.3 Å². The van der Waals surface area contributed by atoms with Gasteiger partial charge in [-0.1, -0.05) is 20.8 Å². The molecule has 0 aliphatic carbocycles. The van der Waals surface area contributed by atoms with E-state index < -0.39 is 0 Å². The molecule has 1 atom stereocenters. The van der Waals surface area contributed by atoms with Gasteiger partial charge >= 0.3 is 0 Å². The molecule has 0 amide bonds. The Balaban J connectivity index is 3.26. The second-order valence-electron chi connectivity index (χ2n) is 4.26. The highest BCUT2D eigenvalue weighted by molar-refractivity contribution is 4.89. The van der Waals surface area contributed by atoms with Crippen LogP contribution in [0, 0.1) is 18.3 Å². The highest BCUT2D eigenvalue weighted by Gasteiger charge is 2.02. The molecule has 0 heterocycles. The van der Waals surface area contributed by atoms with Gasteiger partial charge in [-0.3, -0.25) is 0 Å². The number of hydrogen-bond donors (Lipinski definition) is 1.